The minimum Gasteiger partial charge on any atom is -0.467 e. The lowest BCUT2D eigenvalue weighted by atomic mass is 9.83. The Morgan fingerprint density at radius 1 is 1.23 bits per heavy atom. The number of fused-ring (bicyclic) bond motifs is 1. The molecule has 3 aliphatic rings. The lowest BCUT2D eigenvalue weighted by molar-refractivity contribution is -0.129. The maximum Gasteiger partial charge on any atom is 0.225 e. The average Bonchev–Trinajstić information content (AvgIpc) is 3.30. The van der Waals surface area contributed by atoms with Crippen LogP contribution in [-0.2, 0) is 16.1 Å². The second-order valence-electron chi connectivity index (χ2n) is 8.00. The van der Waals surface area contributed by atoms with Gasteiger partial charge in [-0.1, -0.05) is 6.42 Å². The number of hydrogen-bond donors (Lipinski definition) is 1. The summed E-state index contributed by atoms with van der Waals surface area (Å²) in [5.41, 5.74) is 0. The summed E-state index contributed by atoms with van der Waals surface area (Å²) in [6.45, 7) is 4.13. The maximum absolute atomic E-state index is 12.6. The standard InChI is InChI=1S/C20H29N3O3/c24-19-11-16(13-23(19)14-17-6-4-10-26-17)20(25)21-12-15-5-3-9-22-8-2-1-7-18(15)22/h4,6,10,15-16,18H,1-3,5,7-9,11-14H2,(H,21,25). The van der Waals surface area contributed by atoms with Gasteiger partial charge in [0.1, 0.15) is 5.76 Å². The van der Waals surface area contributed by atoms with Crippen molar-refractivity contribution in [2.24, 2.45) is 11.8 Å². The quantitative estimate of drug-likeness (QED) is 0.873. The first-order valence-electron chi connectivity index (χ1n) is 10.0. The van der Waals surface area contributed by atoms with Gasteiger partial charge >= 0.3 is 0 Å². The Labute approximate surface area is 154 Å². The van der Waals surface area contributed by atoms with Gasteiger partial charge in [-0.15, -0.1) is 0 Å². The van der Waals surface area contributed by atoms with E-state index < -0.39 is 0 Å². The predicted molar refractivity (Wildman–Crippen MR) is 97.2 cm³/mol. The Hall–Kier alpha value is -1.82. The number of likely N-dealkylation sites (tertiary alicyclic amines) is 1. The molecule has 2 amide bonds. The molecule has 3 unspecified atom stereocenters. The third kappa shape index (κ3) is 3.80. The van der Waals surface area contributed by atoms with Crippen molar-refractivity contribution in [3.05, 3.63) is 24.2 Å². The number of carbonyl (C=O) groups is 2. The molecule has 0 aromatic carbocycles. The first-order valence-corrected chi connectivity index (χ1v) is 10.0. The summed E-state index contributed by atoms with van der Waals surface area (Å²) >= 11 is 0. The number of rotatable bonds is 5. The van der Waals surface area contributed by atoms with Gasteiger partial charge in [0.2, 0.25) is 11.8 Å². The molecule has 1 aromatic heterocycles. The molecule has 0 bridgehead atoms. The molecule has 0 aliphatic carbocycles. The molecule has 3 fully saturated rings. The molecule has 6 nitrogen and oxygen atoms in total. The molecule has 1 aromatic rings. The monoisotopic (exact) mass is 359 g/mol. The summed E-state index contributed by atoms with van der Waals surface area (Å²) in [5.74, 6) is 1.16. The summed E-state index contributed by atoms with van der Waals surface area (Å²) in [5, 5.41) is 3.16. The fraction of sp³-hybridized carbons (Fsp3) is 0.700. The van der Waals surface area contributed by atoms with Gasteiger partial charge in [-0.05, 0) is 56.8 Å². The van der Waals surface area contributed by atoms with E-state index in [0.29, 0.717) is 31.5 Å². The number of nitrogens with one attached hydrogen (secondary N) is 1. The van der Waals surface area contributed by atoms with Crippen LogP contribution in [-0.4, -0.2) is 53.8 Å². The second-order valence-corrected chi connectivity index (χ2v) is 8.00. The summed E-state index contributed by atoms with van der Waals surface area (Å²) in [4.78, 5) is 29.2. The van der Waals surface area contributed by atoms with Gasteiger partial charge in [0.15, 0.2) is 0 Å². The predicted octanol–water partition coefficient (Wildman–Crippen LogP) is 2.01. The van der Waals surface area contributed by atoms with Crippen LogP contribution in [0.3, 0.4) is 0 Å². The normalized spacial score (nSPS) is 29.6. The van der Waals surface area contributed by atoms with Crippen LogP contribution in [0.1, 0.15) is 44.3 Å². The van der Waals surface area contributed by atoms with Gasteiger partial charge in [0.25, 0.3) is 0 Å². The smallest absolute Gasteiger partial charge is 0.225 e. The van der Waals surface area contributed by atoms with Gasteiger partial charge in [-0.2, -0.15) is 0 Å². The largest absolute Gasteiger partial charge is 0.467 e. The van der Waals surface area contributed by atoms with Crippen LogP contribution in [0.4, 0.5) is 0 Å². The van der Waals surface area contributed by atoms with Crippen LogP contribution in [0.5, 0.6) is 0 Å². The highest BCUT2D eigenvalue weighted by Gasteiger charge is 2.36. The highest BCUT2D eigenvalue weighted by atomic mass is 16.3. The maximum atomic E-state index is 12.6. The minimum atomic E-state index is -0.233. The fourth-order valence-corrected chi connectivity index (χ4v) is 4.88. The molecule has 3 aliphatic heterocycles. The molecule has 0 saturated carbocycles. The van der Waals surface area contributed by atoms with Crippen LogP contribution in [0.15, 0.2) is 22.8 Å². The Morgan fingerprint density at radius 3 is 2.96 bits per heavy atom. The highest BCUT2D eigenvalue weighted by molar-refractivity contribution is 5.89. The van der Waals surface area contributed by atoms with Crippen molar-refractivity contribution in [1.82, 2.24) is 15.1 Å². The Balaban J connectivity index is 1.27. The van der Waals surface area contributed by atoms with Crippen molar-refractivity contribution in [3.63, 3.8) is 0 Å². The zero-order valence-corrected chi connectivity index (χ0v) is 15.4. The zero-order chi connectivity index (χ0) is 17.9. The molecule has 0 radical (unpaired) electrons. The Morgan fingerprint density at radius 2 is 2.12 bits per heavy atom. The molecule has 3 saturated heterocycles. The van der Waals surface area contributed by atoms with Gasteiger partial charge < -0.3 is 19.5 Å². The molecule has 142 valence electrons. The SMILES string of the molecule is O=C(NCC1CCCN2CCCCC12)C1CC(=O)N(Cc2ccco2)C1. The van der Waals surface area contributed by atoms with E-state index in [1.165, 1.54) is 45.2 Å². The van der Waals surface area contributed by atoms with Crippen LogP contribution < -0.4 is 5.32 Å². The first-order chi connectivity index (χ1) is 12.7. The molecule has 26 heavy (non-hydrogen) atoms. The fourth-order valence-electron chi connectivity index (χ4n) is 4.88. The van der Waals surface area contributed by atoms with E-state index in [1.54, 1.807) is 11.2 Å². The van der Waals surface area contributed by atoms with E-state index in [-0.39, 0.29) is 17.7 Å². The third-order valence-corrected chi connectivity index (χ3v) is 6.28. The third-order valence-electron chi connectivity index (χ3n) is 6.28. The zero-order valence-electron chi connectivity index (χ0n) is 15.4. The van der Waals surface area contributed by atoms with Gasteiger partial charge in [-0.25, -0.2) is 0 Å². The number of furan rings is 1. The van der Waals surface area contributed by atoms with E-state index in [1.807, 2.05) is 12.1 Å². The lowest BCUT2D eigenvalue weighted by Crippen LogP contribution is -2.51. The molecule has 4 heterocycles. The van der Waals surface area contributed by atoms with Crippen molar-refractivity contribution in [2.75, 3.05) is 26.2 Å². The van der Waals surface area contributed by atoms with Gasteiger partial charge in [0.05, 0.1) is 18.7 Å². The number of carbonyl (C=O) groups excluding carboxylic acids is 2. The molecule has 0 spiro atoms. The topological polar surface area (TPSA) is 65.8 Å². The highest BCUT2D eigenvalue weighted by Crippen LogP contribution is 2.30. The Bertz CT molecular complexity index is 628. The average molecular weight is 359 g/mol. The second kappa shape index (κ2) is 7.82. The van der Waals surface area contributed by atoms with E-state index in [2.05, 4.69) is 10.2 Å². The first kappa shape index (κ1) is 17.6. The van der Waals surface area contributed by atoms with Crippen LogP contribution in [0.25, 0.3) is 0 Å². The van der Waals surface area contributed by atoms with Gasteiger partial charge in [-0.3, -0.25) is 9.59 Å². The van der Waals surface area contributed by atoms with Crippen molar-refractivity contribution in [2.45, 2.75) is 51.1 Å². The Kier molecular flexibility index (Phi) is 5.29. The van der Waals surface area contributed by atoms with Crippen LogP contribution in [0.2, 0.25) is 0 Å². The molecular weight excluding hydrogens is 330 g/mol. The summed E-state index contributed by atoms with van der Waals surface area (Å²) in [6, 6.07) is 4.32. The van der Waals surface area contributed by atoms with E-state index >= 15 is 0 Å². The van der Waals surface area contributed by atoms with Crippen molar-refractivity contribution >= 4 is 11.8 Å². The summed E-state index contributed by atoms with van der Waals surface area (Å²) in [6.07, 6.45) is 8.24. The minimum absolute atomic E-state index is 0.0354. The molecule has 6 heteroatoms. The van der Waals surface area contributed by atoms with Crippen molar-refractivity contribution in [1.29, 1.82) is 0 Å². The van der Waals surface area contributed by atoms with Gasteiger partial charge in [0, 0.05) is 25.6 Å². The molecule has 3 atom stereocenters. The molecule has 4 rings (SSSR count). The number of piperidine rings is 2. The van der Waals surface area contributed by atoms with Crippen LogP contribution in [0, 0.1) is 11.8 Å². The summed E-state index contributed by atoms with van der Waals surface area (Å²) in [7, 11) is 0. The number of amides is 2. The number of nitrogens with zero attached hydrogens (tertiary/aromatic N) is 2. The summed E-state index contributed by atoms with van der Waals surface area (Å²) < 4.78 is 5.32. The van der Waals surface area contributed by atoms with Crippen molar-refractivity contribution in [3.8, 4) is 0 Å². The van der Waals surface area contributed by atoms with Crippen LogP contribution >= 0.6 is 0 Å². The van der Waals surface area contributed by atoms with Crippen molar-refractivity contribution < 1.29 is 14.0 Å². The van der Waals surface area contributed by atoms with E-state index in [0.717, 1.165) is 12.3 Å². The lowest BCUT2D eigenvalue weighted by Gasteiger charge is -2.44. The van der Waals surface area contributed by atoms with E-state index in [9.17, 15) is 9.59 Å². The molecule has 1 N–H and O–H groups in total. The molecular formula is C20H29N3O3. The number of hydrogen-bond acceptors (Lipinski definition) is 4. The van der Waals surface area contributed by atoms with E-state index in [4.69, 9.17) is 4.42 Å².